The molecular formula is C26H23N9O. The Labute approximate surface area is 207 Å². The number of nitrogens with zero attached hydrogens (tertiary/aromatic N) is 6. The smallest absolute Gasteiger partial charge is 0.227 e. The molecule has 0 saturated carbocycles. The SMILES string of the molecule is C1=NCNN1Cc1cccc(Nc2ncc3cc(-c4ccn[nH]4)c(OCc4cccnc4)cc3n2)c1. The van der Waals surface area contributed by atoms with Crippen LogP contribution in [0.15, 0.2) is 84.4 Å². The lowest BCUT2D eigenvalue weighted by Gasteiger charge is -2.15. The summed E-state index contributed by atoms with van der Waals surface area (Å²) in [6, 6.07) is 17.9. The summed E-state index contributed by atoms with van der Waals surface area (Å²) in [4.78, 5) is 17.6. The Bertz CT molecular complexity index is 1500. The normalized spacial score (nSPS) is 12.8. The van der Waals surface area contributed by atoms with Gasteiger partial charge in [-0.15, -0.1) is 0 Å². The topological polar surface area (TPSA) is 116 Å². The van der Waals surface area contributed by atoms with Crippen LogP contribution < -0.4 is 15.5 Å². The van der Waals surface area contributed by atoms with E-state index in [-0.39, 0.29) is 0 Å². The minimum atomic E-state index is 0.389. The van der Waals surface area contributed by atoms with Crippen molar-refractivity contribution in [2.24, 2.45) is 4.99 Å². The van der Waals surface area contributed by atoms with Crippen LogP contribution in [0.25, 0.3) is 22.2 Å². The van der Waals surface area contributed by atoms with Crippen molar-refractivity contribution in [2.75, 3.05) is 12.0 Å². The second kappa shape index (κ2) is 9.80. The van der Waals surface area contributed by atoms with Crippen molar-refractivity contribution in [2.45, 2.75) is 13.2 Å². The second-order valence-electron chi connectivity index (χ2n) is 8.29. The Hall–Kier alpha value is -4.83. The molecule has 0 radical (unpaired) electrons. The molecule has 0 aliphatic carbocycles. The fourth-order valence-electron chi connectivity index (χ4n) is 3.98. The second-order valence-corrected chi connectivity index (χ2v) is 8.29. The zero-order valence-electron chi connectivity index (χ0n) is 19.3. The molecule has 178 valence electrons. The number of hydrogen-bond acceptors (Lipinski definition) is 9. The molecular weight excluding hydrogens is 454 g/mol. The van der Waals surface area contributed by atoms with Crippen molar-refractivity contribution in [3.8, 4) is 17.0 Å². The number of benzene rings is 2. The van der Waals surface area contributed by atoms with E-state index in [1.54, 1.807) is 24.9 Å². The van der Waals surface area contributed by atoms with Gasteiger partial charge in [-0.05, 0) is 35.9 Å². The van der Waals surface area contributed by atoms with Crippen LogP contribution in [0.1, 0.15) is 11.1 Å². The summed E-state index contributed by atoms with van der Waals surface area (Å²) in [6.45, 7) is 1.71. The van der Waals surface area contributed by atoms with Gasteiger partial charge in [-0.3, -0.25) is 20.1 Å². The van der Waals surface area contributed by atoms with Gasteiger partial charge >= 0.3 is 0 Å². The summed E-state index contributed by atoms with van der Waals surface area (Å²) in [7, 11) is 0. The highest BCUT2D eigenvalue weighted by Gasteiger charge is 2.13. The maximum atomic E-state index is 6.20. The van der Waals surface area contributed by atoms with Gasteiger partial charge in [0.15, 0.2) is 0 Å². The number of anilines is 2. The number of hydrazine groups is 1. The molecule has 1 aliphatic rings. The Balaban J connectivity index is 1.28. The molecule has 10 nitrogen and oxygen atoms in total. The third-order valence-electron chi connectivity index (χ3n) is 5.71. The Morgan fingerprint density at radius 3 is 2.81 bits per heavy atom. The molecule has 0 fully saturated rings. The summed E-state index contributed by atoms with van der Waals surface area (Å²) in [5, 5.41) is 13.3. The van der Waals surface area contributed by atoms with Crippen molar-refractivity contribution in [1.29, 1.82) is 0 Å². The number of aromatic nitrogens is 5. The molecule has 0 atom stereocenters. The van der Waals surface area contributed by atoms with Gasteiger partial charge in [-0.2, -0.15) is 5.10 Å². The standard InChI is InChI=1S/C26H23N9O/c1-3-18(14-35-17-28-16-31-35)9-21(5-1)32-26-29-13-20-10-22(23-6-8-30-34-23)25(11-24(20)33-26)36-15-19-4-2-7-27-12-19/h1-13,17,31H,14-16H2,(H,30,34)(H,29,32,33). The lowest BCUT2D eigenvalue weighted by Crippen LogP contribution is -2.30. The number of rotatable bonds is 8. The lowest BCUT2D eigenvalue weighted by molar-refractivity contribution is 0.307. The van der Waals surface area contributed by atoms with Crippen molar-refractivity contribution in [1.82, 2.24) is 35.6 Å². The number of pyridine rings is 1. The lowest BCUT2D eigenvalue weighted by atomic mass is 10.1. The predicted octanol–water partition coefficient (Wildman–Crippen LogP) is 4.04. The predicted molar refractivity (Wildman–Crippen MR) is 137 cm³/mol. The van der Waals surface area contributed by atoms with E-state index in [1.165, 1.54) is 0 Å². The van der Waals surface area contributed by atoms with Crippen LogP contribution in [0.3, 0.4) is 0 Å². The fourth-order valence-corrected chi connectivity index (χ4v) is 3.98. The van der Waals surface area contributed by atoms with Crippen LogP contribution in [0.2, 0.25) is 0 Å². The molecule has 0 spiro atoms. The van der Waals surface area contributed by atoms with Crippen LogP contribution in [0, 0.1) is 0 Å². The van der Waals surface area contributed by atoms with Gasteiger partial charge in [0, 0.05) is 53.1 Å². The number of H-pyrrole nitrogens is 1. The zero-order chi connectivity index (χ0) is 24.2. The summed E-state index contributed by atoms with van der Waals surface area (Å²) in [5.74, 6) is 1.20. The minimum Gasteiger partial charge on any atom is -0.488 e. The quantitative estimate of drug-likeness (QED) is 0.307. The van der Waals surface area contributed by atoms with Crippen molar-refractivity contribution < 1.29 is 4.74 Å². The van der Waals surface area contributed by atoms with Gasteiger partial charge < -0.3 is 10.1 Å². The summed E-state index contributed by atoms with van der Waals surface area (Å²) in [5.41, 5.74) is 8.72. The number of hydrogen-bond donors (Lipinski definition) is 3. The highest BCUT2D eigenvalue weighted by molar-refractivity contribution is 5.87. The molecule has 1 aliphatic heterocycles. The van der Waals surface area contributed by atoms with E-state index >= 15 is 0 Å². The van der Waals surface area contributed by atoms with Gasteiger partial charge in [0.1, 0.15) is 25.4 Å². The third kappa shape index (κ3) is 4.84. The van der Waals surface area contributed by atoms with Gasteiger partial charge in [0.2, 0.25) is 5.95 Å². The molecule has 5 aromatic rings. The molecule has 2 aromatic carbocycles. The van der Waals surface area contributed by atoms with E-state index in [9.17, 15) is 0 Å². The molecule has 0 saturated heterocycles. The van der Waals surface area contributed by atoms with Crippen molar-refractivity contribution >= 4 is 28.9 Å². The molecule has 0 amide bonds. The number of aromatic amines is 1. The van der Waals surface area contributed by atoms with E-state index in [1.807, 2.05) is 53.7 Å². The third-order valence-corrected chi connectivity index (χ3v) is 5.71. The van der Waals surface area contributed by atoms with E-state index in [4.69, 9.17) is 9.72 Å². The van der Waals surface area contributed by atoms with Gasteiger partial charge in [-0.25, -0.2) is 15.4 Å². The maximum absolute atomic E-state index is 6.20. The molecule has 0 unspecified atom stereocenters. The van der Waals surface area contributed by atoms with Gasteiger partial charge in [-0.1, -0.05) is 18.2 Å². The summed E-state index contributed by atoms with van der Waals surface area (Å²) >= 11 is 0. The molecule has 4 heterocycles. The number of nitrogens with one attached hydrogen (secondary N) is 3. The van der Waals surface area contributed by atoms with Crippen LogP contribution in [0.4, 0.5) is 11.6 Å². The molecule has 6 rings (SSSR count). The van der Waals surface area contributed by atoms with Gasteiger partial charge in [0.25, 0.3) is 0 Å². The highest BCUT2D eigenvalue weighted by Crippen LogP contribution is 2.33. The summed E-state index contributed by atoms with van der Waals surface area (Å²) < 4.78 is 6.20. The molecule has 0 bridgehead atoms. The Kier molecular flexibility index (Phi) is 5.91. The highest BCUT2D eigenvalue weighted by atomic mass is 16.5. The molecule has 3 N–H and O–H groups in total. The first-order valence-corrected chi connectivity index (χ1v) is 11.5. The first-order valence-electron chi connectivity index (χ1n) is 11.5. The Morgan fingerprint density at radius 2 is 1.97 bits per heavy atom. The van der Waals surface area contributed by atoms with E-state index < -0.39 is 0 Å². The van der Waals surface area contributed by atoms with Crippen LogP contribution in [0.5, 0.6) is 5.75 Å². The summed E-state index contributed by atoms with van der Waals surface area (Å²) in [6.07, 6.45) is 8.87. The van der Waals surface area contributed by atoms with E-state index in [0.29, 0.717) is 31.5 Å². The van der Waals surface area contributed by atoms with Crippen LogP contribution in [-0.2, 0) is 13.2 Å². The minimum absolute atomic E-state index is 0.389. The van der Waals surface area contributed by atoms with Crippen LogP contribution in [-0.4, -0.2) is 43.2 Å². The molecule has 36 heavy (non-hydrogen) atoms. The van der Waals surface area contributed by atoms with Crippen molar-refractivity contribution in [3.63, 3.8) is 0 Å². The largest absolute Gasteiger partial charge is 0.488 e. The van der Waals surface area contributed by atoms with Crippen LogP contribution >= 0.6 is 0 Å². The first kappa shape index (κ1) is 21.7. The number of fused-ring (bicyclic) bond motifs is 1. The fraction of sp³-hybridized carbons (Fsp3) is 0.115. The molecule has 10 heteroatoms. The average molecular weight is 478 g/mol. The van der Waals surface area contributed by atoms with E-state index in [2.05, 4.69) is 48.0 Å². The van der Waals surface area contributed by atoms with Gasteiger partial charge in [0.05, 0.1) is 17.8 Å². The zero-order valence-corrected chi connectivity index (χ0v) is 19.3. The number of aliphatic imine (C=N–C) groups is 1. The van der Waals surface area contributed by atoms with Crippen molar-refractivity contribution in [3.05, 3.63) is 90.5 Å². The Morgan fingerprint density at radius 1 is 1.00 bits per heavy atom. The average Bonchev–Trinajstić information content (AvgIpc) is 3.63. The van der Waals surface area contributed by atoms with E-state index in [0.717, 1.165) is 39.0 Å². The maximum Gasteiger partial charge on any atom is 0.227 e. The molecule has 3 aromatic heterocycles. The number of ether oxygens (including phenoxy) is 1. The monoisotopic (exact) mass is 477 g/mol. The first-order chi connectivity index (χ1) is 17.8.